The van der Waals surface area contributed by atoms with E-state index in [9.17, 15) is 9.59 Å². The number of fused-ring (bicyclic) bond motifs is 1. The summed E-state index contributed by atoms with van der Waals surface area (Å²) in [7, 11) is -0.432. The standard InChI is InChI=1S/C29H31BN4O4/c1-6-34-23(18-10-12-21(13-11-18)30-37-28(2,3)29(4,5)38-30)17-19-14-15-32-24(25(19)34)27(36)33-22-9-7-8-20(16-22)26(31)35/h7-17H,6H2,1-5H3,(H2,31,35)(H,33,36). The first-order valence-electron chi connectivity index (χ1n) is 12.7. The van der Waals surface area contributed by atoms with Gasteiger partial charge >= 0.3 is 7.12 Å². The first-order chi connectivity index (χ1) is 18.0. The van der Waals surface area contributed by atoms with Crippen LogP contribution in [0.4, 0.5) is 5.69 Å². The van der Waals surface area contributed by atoms with Crippen LogP contribution >= 0.6 is 0 Å². The maximum Gasteiger partial charge on any atom is 0.494 e. The third-order valence-corrected chi connectivity index (χ3v) is 7.48. The molecular weight excluding hydrogens is 479 g/mol. The first kappa shape index (κ1) is 25.7. The van der Waals surface area contributed by atoms with Crippen molar-refractivity contribution >= 4 is 41.0 Å². The van der Waals surface area contributed by atoms with Crippen LogP contribution in [-0.2, 0) is 15.9 Å². The van der Waals surface area contributed by atoms with E-state index in [1.807, 2.05) is 65.0 Å². The smallest absolute Gasteiger partial charge is 0.399 e. The maximum absolute atomic E-state index is 13.3. The van der Waals surface area contributed by atoms with Crippen LogP contribution in [0.2, 0.25) is 0 Å². The molecule has 1 fully saturated rings. The van der Waals surface area contributed by atoms with Crippen molar-refractivity contribution < 1.29 is 18.9 Å². The van der Waals surface area contributed by atoms with E-state index in [-0.39, 0.29) is 5.91 Å². The van der Waals surface area contributed by atoms with Crippen molar-refractivity contribution in [3.05, 3.63) is 78.1 Å². The molecule has 5 rings (SSSR count). The van der Waals surface area contributed by atoms with Gasteiger partial charge in [-0.15, -0.1) is 0 Å². The highest BCUT2D eigenvalue weighted by Gasteiger charge is 2.51. The summed E-state index contributed by atoms with van der Waals surface area (Å²) in [5.41, 5.74) is 9.32. The molecule has 0 atom stereocenters. The topological polar surface area (TPSA) is 108 Å². The van der Waals surface area contributed by atoms with Gasteiger partial charge in [0.25, 0.3) is 5.91 Å². The summed E-state index contributed by atoms with van der Waals surface area (Å²) in [5, 5.41) is 3.75. The third-order valence-electron chi connectivity index (χ3n) is 7.48. The van der Waals surface area contributed by atoms with E-state index in [0.717, 1.165) is 27.6 Å². The number of hydrogen-bond acceptors (Lipinski definition) is 5. The Bertz CT molecular complexity index is 1530. The minimum absolute atomic E-state index is 0.300. The molecule has 0 spiro atoms. The summed E-state index contributed by atoms with van der Waals surface area (Å²) in [6.07, 6.45) is 1.63. The molecule has 2 amide bonds. The van der Waals surface area contributed by atoms with Crippen molar-refractivity contribution in [3.8, 4) is 11.3 Å². The molecule has 3 N–H and O–H groups in total. The van der Waals surface area contributed by atoms with Gasteiger partial charge in [-0.1, -0.05) is 30.3 Å². The van der Waals surface area contributed by atoms with E-state index < -0.39 is 24.2 Å². The summed E-state index contributed by atoms with van der Waals surface area (Å²) in [6.45, 7) is 10.8. The van der Waals surface area contributed by atoms with Gasteiger partial charge in [-0.05, 0) is 76.0 Å². The summed E-state index contributed by atoms with van der Waals surface area (Å²) in [4.78, 5) is 29.2. The fourth-order valence-electron chi connectivity index (χ4n) is 4.68. The van der Waals surface area contributed by atoms with E-state index in [0.29, 0.717) is 23.5 Å². The molecule has 38 heavy (non-hydrogen) atoms. The van der Waals surface area contributed by atoms with Crippen molar-refractivity contribution in [1.29, 1.82) is 0 Å². The van der Waals surface area contributed by atoms with Crippen molar-refractivity contribution in [2.75, 3.05) is 5.32 Å². The third kappa shape index (κ3) is 4.48. The summed E-state index contributed by atoms with van der Waals surface area (Å²) in [6, 6.07) is 18.6. The summed E-state index contributed by atoms with van der Waals surface area (Å²) < 4.78 is 14.5. The fourth-order valence-corrected chi connectivity index (χ4v) is 4.68. The molecule has 1 saturated heterocycles. The van der Waals surface area contributed by atoms with Gasteiger partial charge in [-0.3, -0.25) is 9.59 Å². The van der Waals surface area contributed by atoms with Gasteiger partial charge in [0.05, 0.1) is 16.7 Å². The van der Waals surface area contributed by atoms with Crippen LogP contribution in [0, 0.1) is 0 Å². The van der Waals surface area contributed by atoms with Crippen molar-refractivity contribution in [3.63, 3.8) is 0 Å². The molecule has 1 aliphatic rings. The Labute approximate surface area is 222 Å². The largest absolute Gasteiger partial charge is 0.494 e. The number of carbonyl (C=O) groups excluding carboxylic acids is 2. The number of rotatable bonds is 6. The number of aromatic nitrogens is 2. The zero-order chi connectivity index (χ0) is 27.2. The van der Waals surface area contributed by atoms with E-state index in [1.54, 1.807) is 30.5 Å². The lowest BCUT2D eigenvalue weighted by Gasteiger charge is -2.32. The van der Waals surface area contributed by atoms with Crippen molar-refractivity contribution in [2.45, 2.75) is 52.4 Å². The van der Waals surface area contributed by atoms with Gasteiger partial charge in [0.2, 0.25) is 5.91 Å². The fraction of sp³-hybridized carbons (Fsp3) is 0.276. The number of pyridine rings is 1. The normalized spacial score (nSPS) is 16.1. The molecule has 2 aromatic carbocycles. The zero-order valence-electron chi connectivity index (χ0n) is 22.2. The van der Waals surface area contributed by atoms with E-state index in [2.05, 4.69) is 20.9 Å². The number of benzene rings is 2. The summed E-state index contributed by atoms with van der Waals surface area (Å²) in [5.74, 6) is -0.928. The number of hydrogen-bond donors (Lipinski definition) is 2. The van der Waals surface area contributed by atoms with Gasteiger partial charge in [-0.25, -0.2) is 4.98 Å². The van der Waals surface area contributed by atoms with Crippen LogP contribution in [-0.4, -0.2) is 39.7 Å². The second-order valence-electron chi connectivity index (χ2n) is 10.5. The van der Waals surface area contributed by atoms with E-state index in [4.69, 9.17) is 15.0 Å². The van der Waals surface area contributed by atoms with Crippen molar-refractivity contribution in [1.82, 2.24) is 9.55 Å². The number of amides is 2. The second-order valence-corrected chi connectivity index (χ2v) is 10.5. The van der Waals surface area contributed by atoms with Gasteiger partial charge in [-0.2, -0.15) is 0 Å². The van der Waals surface area contributed by atoms with Crippen molar-refractivity contribution in [2.24, 2.45) is 5.73 Å². The molecule has 0 radical (unpaired) electrons. The number of carbonyl (C=O) groups is 2. The Hall–Kier alpha value is -3.95. The molecule has 4 aromatic rings. The minimum Gasteiger partial charge on any atom is -0.399 e. The SMILES string of the molecule is CCn1c(-c2ccc(B3OC(C)(C)C(C)(C)O3)cc2)cc2ccnc(C(=O)Nc3cccc(C(N)=O)c3)c21. The first-order valence-corrected chi connectivity index (χ1v) is 12.7. The number of nitrogens with two attached hydrogens (primary N) is 1. The molecule has 0 aliphatic carbocycles. The Morgan fingerprint density at radius 3 is 2.32 bits per heavy atom. The van der Waals surface area contributed by atoms with Crippen LogP contribution in [0.1, 0.15) is 55.5 Å². The lowest BCUT2D eigenvalue weighted by molar-refractivity contribution is 0.00578. The molecule has 2 aromatic heterocycles. The van der Waals surface area contributed by atoms with Crippen LogP contribution < -0.4 is 16.5 Å². The lowest BCUT2D eigenvalue weighted by atomic mass is 9.79. The van der Waals surface area contributed by atoms with Crippen LogP contribution in [0.15, 0.2) is 66.9 Å². The lowest BCUT2D eigenvalue weighted by Crippen LogP contribution is -2.41. The monoisotopic (exact) mass is 510 g/mol. The quantitative estimate of drug-likeness (QED) is 0.375. The minimum atomic E-state index is -0.560. The van der Waals surface area contributed by atoms with Crippen LogP contribution in [0.5, 0.6) is 0 Å². The molecule has 3 heterocycles. The summed E-state index contributed by atoms with van der Waals surface area (Å²) >= 11 is 0. The average Bonchev–Trinajstić information content (AvgIpc) is 3.37. The number of anilines is 1. The Morgan fingerprint density at radius 1 is 1.00 bits per heavy atom. The van der Waals surface area contributed by atoms with Gasteiger partial charge < -0.3 is 24.9 Å². The Balaban J connectivity index is 1.47. The molecule has 0 bridgehead atoms. The highest BCUT2D eigenvalue weighted by Crippen LogP contribution is 2.37. The van der Waals surface area contributed by atoms with Crippen LogP contribution in [0.3, 0.4) is 0 Å². The van der Waals surface area contributed by atoms with Gasteiger partial charge in [0.15, 0.2) is 5.69 Å². The second kappa shape index (κ2) is 9.42. The number of primary amides is 1. The molecule has 1 aliphatic heterocycles. The molecule has 0 saturated carbocycles. The molecule has 8 nitrogen and oxygen atoms in total. The zero-order valence-corrected chi connectivity index (χ0v) is 22.2. The number of aryl methyl sites for hydroxylation is 1. The van der Waals surface area contributed by atoms with Gasteiger partial charge in [0.1, 0.15) is 0 Å². The molecule has 9 heteroatoms. The van der Waals surface area contributed by atoms with Gasteiger partial charge in [0, 0.05) is 35.1 Å². The Kier molecular flexibility index (Phi) is 6.37. The number of nitrogens with one attached hydrogen (secondary N) is 1. The predicted octanol–water partition coefficient (Wildman–Crippen LogP) is 4.37. The van der Waals surface area contributed by atoms with E-state index in [1.165, 1.54) is 0 Å². The molecule has 194 valence electrons. The Morgan fingerprint density at radius 2 is 1.68 bits per heavy atom. The highest BCUT2D eigenvalue weighted by atomic mass is 16.7. The molecular formula is C29H31BN4O4. The number of nitrogens with zero attached hydrogens (tertiary/aromatic N) is 2. The highest BCUT2D eigenvalue weighted by molar-refractivity contribution is 6.62. The van der Waals surface area contributed by atoms with E-state index >= 15 is 0 Å². The predicted molar refractivity (Wildman–Crippen MR) is 149 cm³/mol. The van der Waals surface area contributed by atoms with Crippen LogP contribution in [0.25, 0.3) is 22.2 Å². The average molecular weight is 510 g/mol. The molecule has 0 unspecified atom stereocenters. The maximum atomic E-state index is 13.3.